The second kappa shape index (κ2) is 10.6. The fourth-order valence-corrected chi connectivity index (χ4v) is 3.09. The van der Waals surface area contributed by atoms with Crippen molar-refractivity contribution in [2.24, 2.45) is 4.99 Å². The quantitative estimate of drug-likeness (QED) is 0.396. The highest BCUT2D eigenvalue weighted by molar-refractivity contribution is 5.79. The molecule has 0 aromatic heterocycles. The number of benzene rings is 2. The number of ether oxygens (including phenoxy) is 3. The molecule has 1 atom stereocenters. The van der Waals surface area contributed by atoms with Gasteiger partial charge in [-0.15, -0.1) is 0 Å². The van der Waals surface area contributed by atoms with Crippen LogP contribution in [0.5, 0.6) is 11.5 Å². The van der Waals surface area contributed by atoms with E-state index in [4.69, 9.17) is 14.2 Å². The average Bonchev–Trinajstić information content (AvgIpc) is 3.16. The predicted octanol–water partition coefficient (Wildman–Crippen LogP) is 2.77. The molecule has 0 saturated carbocycles. The summed E-state index contributed by atoms with van der Waals surface area (Å²) in [7, 11) is 3.45. The lowest BCUT2D eigenvalue weighted by atomic mass is 10.1. The van der Waals surface area contributed by atoms with Gasteiger partial charge in [0.25, 0.3) is 0 Å². The number of nitrogens with zero attached hydrogens (tertiary/aromatic N) is 1. The molecule has 1 unspecified atom stereocenters. The van der Waals surface area contributed by atoms with E-state index < -0.39 is 0 Å². The smallest absolute Gasteiger partial charge is 0.191 e. The third-order valence-corrected chi connectivity index (χ3v) is 4.62. The van der Waals surface area contributed by atoms with E-state index in [0.717, 1.165) is 49.0 Å². The van der Waals surface area contributed by atoms with Gasteiger partial charge in [-0.1, -0.05) is 30.3 Å². The van der Waals surface area contributed by atoms with Gasteiger partial charge in [0.2, 0.25) is 0 Å². The zero-order valence-corrected chi connectivity index (χ0v) is 16.6. The molecule has 0 amide bonds. The second-order valence-electron chi connectivity index (χ2n) is 6.69. The van der Waals surface area contributed by atoms with Crippen molar-refractivity contribution in [2.45, 2.75) is 25.6 Å². The molecule has 3 rings (SSSR count). The van der Waals surface area contributed by atoms with E-state index in [1.54, 1.807) is 14.2 Å². The molecular weight excluding hydrogens is 354 g/mol. The van der Waals surface area contributed by atoms with Crippen LogP contribution in [-0.4, -0.2) is 45.9 Å². The first-order valence-electron chi connectivity index (χ1n) is 9.68. The van der Waals surface area contributed by atoms with Gasteiger partial charge in [0.05, 0.1) is 20.3 Å². The topological polar surface area (TPSA) is 64.1 Å². The Morgan fingerprint density at radius 3 is 2.71 bits per heavy atom. The summed E-state index contributed by atoms with van der Waals surface area (Å²) in [6.07, 6.45) is 1.98. The number of hydrogen-bond acceptors (Lipinski definition) is 4. The van der Waals surface area contributed by atoms with Crippen LogP contribution in [0.15, 0.2) is 53.5 Å². The van der Waals surface area contributed by atoms with Crippen molar-refractivity contribution in [2.75, 3.05) is 33.9 Å². The number of methoxy groups -OCH3 is 1. The zero-order valence-electron chi connectivity index (χ0n) is 16.6. The molecule has 0 bridgehead atoms. The summed E-state index contributed by atoms with van der Waals surface area (Å²) < 4.78 is 16.8. The Balaban J connectivity index is 1.26. The molecule has 2 aromatic rings. The molecule has 0 spiro atoms. The molecule has 6 nitrogen and oxygen atoms in total. The van der Waals surface area contributed by atoms with Crippen LogP contribution >= 0.6 is 0 Å². The van der Waals surface area contributed by atoms with Gasteiger partial charge in [-0.3, -0.25) is 4.99 Å². The Morgan fingerprint density at radius 1 is 1.14 bits per heavy atom. The van der Waals surface area contributed by atoms with Crippen LogP contribution in [0.4, 0.5) is 0 Å². The first kappa shape index (κ1) is 20.0. The van der Waals surface area contributed by atoms with Crippen molar-refractivity contribution < 1.29 is 14.2 Å². The van der Waals surface area contributed by atoms with E-state index in [0.29, 0.717) is 13.2 Å². The summed E-state index contributed by atoms with van der Waals surface area (Å²) in [5.41, 5.74) is 2.41. The summed E-state index contributed by atoms with van der Waals surface area (Å²) in [6.45, 7) is 2.82. The number of hydrogen-bond donors (Lipinski definition) is 2. The minimum Gasteiger partial charge on any atom is -0.497 e. The number of nitrogens with one attached hydrogen (secondary N) is 2. The first-order valence-corrected chi connectivity index (χ1v) is 9.68. The Morgan fingerprint density at radius 2 is 1.96 bits per heavy atom. The highest BCUT2D eigenvalue weighted by Crippen LogP contribution is 2.27. The number of guanidine groups is 1. The van der Waals surface area contributed by atoms with Gasteiger partial charge >= 0.3 is 0 Å². The van der Waals surface area contributed by atoms with Crippen LogP contribution in [0.1, 0.15) is 17.5 Å². The Labute approximate surface area is 166 Å². The minimum atomic E-state index is 0.142. The number of rotatable bonds is 9. The molecule has 28 heavy (non-hydrogen) atoms. The van der Waals surface area contributed by atoms with E-state index in [1.807, 2.05) is 36.4 Å². The van der Waals surface area contributed by atoms with E-state index in [2.05, 4.69) is 27.8 Å². The van der Waals surface area contributed by atoms with Gasteiger partial charge in [0.15, 0.2) is 5.96 Å². The van der Waals surface area contributed by atoms with Crippen molar-refractivity contribution in [3.8, 4) is 11.5 Å². The van der Waals surface area contributed by atoms with E-state index in [-0.39, 0.29) is 6.10 Å². The second-order valence-corrected chi connectivity index (χ2v) is 6.69. The van der Waals surface area contributed by atoms with E-state index >= 15 is 0 Å². The maximum Gasteiger partial charge on any atom is 0.191 e. The molecule has 6 heteroatoms. The standard InChI is InChI=1S/C22H29N3O3/c1-23-22(25-15-20-14-18-6-3-4-7-21(18)28-20)24-12-5-13-27-16-17-8-10-19(26-2)11-9-17/h3-4,6-11,20H,5,12-16H2,1-2H3,(H2,23,24,25). The monoisotopic (exact) mass is 383 g/mol. The molecule has 150 valence electrons. The number of fused-ring (bicyclic) bond motifs is 1. The molecule has 0 radical (unpaired) electrons. The molecule has 0 fully saturated rings. The molecule has 1 aliphatic rings. The van der Waals surface area contributed by atoms with Crippen molar-refractivity contribution in [1.29, 1.82) is 0 Å². The average molecular weight is 383 g/mol. The maximum absolute atomic E-state index is 5.94. The van der Waals surface area contributed by atoms with Crippen LogP contribution in [-0.2, 0) is 17.8 Å². The normalized spacial score (nSPS) is 15.6. The molecule has 0 saturated heterocycles. The van der Waals surface area contributed by atoms with Crippen LogP contribution in [0.3, 0.4) is 0 Å². The summed E-state index contributed by atoms with van der Waals surface area (Å²) in [5.74, 6) is 2.64. The van der Waals surface area contributed by atoms with Gasteiger partial charge in [-0.05, 0) is 35.7 Å². The van der Waals surface area contributed by atoms with Crippen molar-refractivity contribution in [3.05, 3.63) is 59.7 Å². The third kappa shape index (κ3) is 5.89. The summed E-state index contributed by atoms with van der Waals surface area (Å²) >= 11 is 0. The van der Waals surface area contributed by atoms with Crippen LogP contribution < -0.4 is 20.1 Å². The Kier molecular flexibility index (Phi) is 7.55. The number of aliphatic imine (C=N–C) groups is 1. The minimum absolute atomic E-state index is 0.142. The lowest BCUT2D eigenvalue weighted by Gasteiger charge is -2.15. The molecular formula is C22H29N3O3. The predicted molar refractivity (Wildman–Crippen MR) is 111 cm³/mol. The zero-order chi connectivity index (χ0) is 19.6. The molecule has 2 N–H and O–H groups in total. The van der Waals surface area contributed by atoms with Crippen LogP contribution in [0.25, 0.3) is 0 Å². The lowest BCUT2D eigenvalue weighted by Crippen LogP contribution is -2.42. The molecule has 2 aromatic carbocycles. The van der Waals surface area contributed by atoms with Crippen LogP contribution in [0.2, 0.25) is 0 Å². The first-order chi connectivity index (χ1) is 13.8. The Hall–Kier alpha value is -2.73. The molecule has 1 heterocycles. The van der Waals surface area contributed by atoms with Gasteiger partial charge in [0.1, 0.15) is 17.6 Å². The van der Waals surface area contributed by atoms with E-state index in [1.165, 1.54) is 5.56 Å². The number of para-hydroxylation sites is 1. The van der Waals surface area contributed by atoms with Gasteiger partial charge < -0.3 is 24.8 Å². The fourth-order valence-electron chi connectivity index (χ4n) is 3.09. The Bertz CT molecular complexity index is 737. The highest BCUT2D eigenvalue weighted by atomic mass is 16.5. The molecule has 1 aliphatic heterocycles. The SMILES string of the molecule is CN=C(NCCCOCc1ccc(OC)cc1)NCC1Cc2ccccc2O1. The van der Waals surface area contributed by atoms with E-state index in [9.17, 15) is 0 Å². The summed E-state index contributed by atoms with van der Waals surface area (Å²) in [6, 6.07) is 16.1. The van der Waals surface area contributed by atoms with Crippen LogP contribution in [0, 0.1) is 0 Å². The summed E-state index contributed by atoms with van der Waals surface area (Å²) in [5, 5.41) is 6.65. The summed E-state index contributed by atoms with van der Waals surface area (Å²) in [4.78, 5) is 4.27. The lowest BCUT2D eigenvalue weighted by molar-refractivity contribution is 0.119. The molecule has 0 aliphatic carbocycles. The van der Waals surface area contributed by atoms with Crippen molar-refractivity contribution >= 4 is 5.96 Å². The maximum atomic E-state index is 5.94. The third-order valence-electron chi connectivity index (χ3n) is 4.62. The van der Waals surface area contributed by atoms with Crippen molar-refractivity contribution in [3.63, 3.8) is 0 Å². The fraction of sp³-hybridized carbons (Fsp3) is 0.409. The van der Waals surface area contributed by atoms with Gasteiger partial charge in [-0.2, -0.15) is 0 Å². The highest BCUT2D eigenvalue weighted by Gasteiger charge is 2.22. The van der Waals surface area contributed by atoms with Crippen molar-refractivity contribution in [1.82, 2.24) is 10.6 Å². The van der Waals surface area contributed by atoms with Gasteiger partial charge in [-0.25, -0.2) is 0 Å². The van der Waals surface area contributed by atoms with Gasteiger partial charge in [0, 0.05) is 26.6 Å². The largest absolute Gasteiger partial charge is 0.497 e.